The molecule has 32 heavy (non-hydrogen) atoms. The van der Waals surface area contributed by atoms with Crippen LogP contribution >= 0.6 is 0 Å². The SMILES string of the molecule is Oc1ccc(-c2cc(OCc3ccccc3)cc3c2C[C@@H](c2ccc(F)cc2)CC3)cc1. The van der Waals surface area contributed by atoms with E-state index in [0.29, 0.717) is 12.5 Å². The Labute approximate surface area is 187 Å². The highest BCUT2D eigenvalue weighted by Gasteiger charge is 2.24. The van der Waals surface area contributed by atoms with Crippen LogP contribution in [-0.2, 0) is 19.4 Å². The number of hydrogen-bond donors (Lipinski definition) is 1. The Morgan fingerprint density at radius 1 is 0.875 bits per heavy atom. The lowest BCUT2D eigenvalue weighted by molar-refractivity contribution is 0.305. The molecule has 0 bridgehead atoms. The van der Waals surface area contributed by atoms with Gasteiger partial charge in [0.2, 0.25) is 0 Å². The predicted octanol–water partition coefficient (Wildman–Crippen LogP) is 7.05. The van der Waals surface area contributed by atoms with Crippen molar-refractivity contribution in [1.82, 2.24) is 0 Å². The first-order valence-corrected chi connectivity index (χ1v) is 11.0. The van der Waals surface area contributed by atoms with E-state index in [1.54, 1.807) is 24.3 Å². The molecule has 1 aliphatic rings. The van der Waals surface area contributed by atoms with Gasteiger partial charge in [-0.3, -0.25) is 0 Å². The minimum Gasteiger partial charge on any atom is -0.508 e. The summed E-state index contributed by atoms with van der Waals surface area (Å²) >= 11 is 0. The second kappa shape index (κ2) is 8.88. The lowest BCUT2D eigenvalue weighted by atomic mass is 9.77. The smallest absolute Gasteiger partial charge is 0.123 e. The van der Waals surface area contributed by atoms with Gasteiger partial charge in [-0.05, 0) is 95.0 Å². The van der Waals surface area contributed by atoms with Crippen LogP contribution < -0.4 is 4.74 Å². The van der Waals surface area contributed by atoms with Gasteiger partial charge in [-0.1, -0.05) is 54.6 Å². The molecule has 4 aromatic carbocycles. The van der Waals surface area contributed by atoms with E-state index < -0.39 is 0 Å². The van der Waals surface area contributed by atoms with Gasteiger partial charge in [-0.2, -0.15) is 0 Å². The summed E-state index contributed by atoms with van der Waals surface area (Å²) in [6.45, 7) is 0.521. The Morgan fingerprint density at radius 3 is 2.38 bits per heavy atom. The number of halogens is 1. The summed E-state index contributed by atoms with van der Waals surface area (Å²) in [5.74, 6) is 1.27. The van der Waals surface area contributed by atoms with E-state index in [4.69, 9.17) is 4.74 Å². The highest BCUT2D eigenvalue weighted by atomic mass is 19.1. The lowest BCUT2D eigenvalue weighted by Gasteiger charge is -2.28. The van der Waals surface area contributed by atoms with Gasteiger partial charge in [0, 0.05) is 0 Å². The molecular weight excluding hydrogens is 399 g/mol. The monoisotopic (exact) mass is 424 g/mol. The molecule has 160 valence electrons. The molecule has 1 aliphatic carbocycles. The minimum absolute atomic E-state index is 0.199. The first-order valence-electron chi connectivity index (χ1n) is 11.0. The molecule has 1 atom stereocenters. The molecule has 0 aromatic heterocycles. The van der Waals surface area contributed by atoms with Crippen molar-refractivity contribution in [3.05, 3.63) is 119 Å². The summed E-state index contributed by atoms with van der Waals surface area (Å²) < 4.78 is 19.6. The number of ether oxygens (including phenoxy) is 1. The molecule has 0 saturated heterocycles. The number of rotatable bonds is 5. The molecule has 0 heterocycles. The third kappa shape index (κ3) is 4.38. The molecule has 0 unspecified atom stereocenters. The van der Waals surface area contributed by atoms with Gasteiger partial charge in [0.25, 0.3) is 0 Å². The fourth-order valence-electron chi connectivity index (χ4n) is 4.59. The van der Waals surface area contributed by atoms with Crippen LogP contribution in [0.4, 0.5) is 4.39 Å². The summed E-state index contributed by atoms with van der Waals surface area (Å²) in [4.78, 5) is 0. The maximum atomic E-state index is 13.4. The van der Waals surface area contributed by atoms with E-state index in [-0.39, 0.29) is 11.6 Å². The van der Waals surface area contributed by atoms with Crippen LogP contribution in [0, 0.1) is 5.82 Å². The molecule has 0 saturated carbocycles. The third-order valence-corrected chi connectivity index (χ3v) is 6.30. The maximum absolute atomic E-state index is 13.4. The van der Waals surface area contributed by atoms with E-state index in [0.717, 1.165) is 41.7 Å². The second-order valence-electron chi connectivity index (χ2n) is 8.42. The Morgan fingerprint density at radius 2 is 1.62 bits per heavy atom. The summed E-state index contributed by atoms with van der Waals surface area (Å²) in [7, 11) is 0. The van der Waals surface area contributed by atoms with Crippen LogP contribution in [0.5, 0.6) is 11.5 Å². The van der Waals surface area contributed by atoms with Crippen molar-refractivity contribution in [2.24, 2.45) is 0 Å². The van der Waals surface area contributed by atoms with Gasteiger partial charge < -0.3 is 9.84 Å². The zero-order valence-electron chi connectivity index (χ0n) is 17.8. The standard InChI is InChI=1S/C29H25FO2/c30-25-12-8-21(9-13-25)23-6-7-24-16-27(32-19-20-4-2-1-3-5-20)18-29(28(24)17-23)22-10-14-26(31)15-11-22/h1-5,8-16,18,23,31H,6-7,17,19H2/t23-/m0/s1. The molecule has 0 spiro atoms. The van der Waals surface area contributed by atoms with Crippen LogP contribution in [0.25, 0.3) is 11.1 Å². The van der Waals surface area contributed by atoms with Gasteiger partial charge >= 0.3 is 0 Å². The first kappa shape index (κ1) is 20.3. The molecule has 0 aliphatic heterocycles. The molecule has 4 aromatic rings. The van der Waals surface area contributed by atoms with Gasteiger partial charge in [0.05, 0.1) is 0 Å². The van der Waals surface area contributed by atoms with Crippen LogP contribution in [0.2, 0.25) is 0 Å². The van der Waals surface area contributed by atoms with Crippen LogP contribution in [0.1, 0.15) is 34.6 Å². The molecule has 1 N–H and O–H groups in total. The Balaban J connectivity index is 1.50. The van der Waals surface area contributed by atoms with Crippen LogP contribution in [-0.4, -0.2) is 5.11 Å². The van der Waals surface area contributed by atoms with Crippen molar-refractivity contribution in [3.63, 3.8) is 0 Å². The Kier molecular flexibility index (Phi) is 5.64. The van der Waals surface area contributed by atoms with Crippen molar-refractivity contribution in [3.8, 4) is 22.6 Å². The topological polar surface area (TPSA) is 29.5 Å². The molecular formula is C29H25FO2. The fraction of sp³-hybridized carbons (Fsp3) is 0.172. The van der Waals surface area contributed by atoms with Crippen molar-refractivity contribution < 1.29 is 14.2 Å². The number of phenols is 1. The molecule has 0 fully saturated rings. The highest BCUT2D eigenvalue weighted by Crippen LogP contribution is 2.40. The quantitative estimate of drug-likeness (QED) is 0.372. The number of aryl methyl sites for hydroxylation is 1. The zero-order valence-corrected chi connectivity index (χ0v) is 17.8. The molecule has 0 amide bonds. The number of phenolic OH excluding ortho intramolecular Hbond substituents is 1. The van der Waals surface area contributed by atoms with E-state index >= 15 is 0 Å². The lowest BCUT2D eigenvalue weighted by Crippen LogP contribution is -2.14. The summed E-state index contributed by atoms with van der Waals surface area (Å²) in [6.07, 6.45) is 2.87. The maximum Gasteiger partial charge on any atom is 0.123 e. The average Bonchev–Trinajstić information content (AvgIpc) is 2.84. The fourth-order valence-corrected chi connectivity index (χ4v) is 4.59. The van der Waals surface area contributed by atoms with E-state index in [1.165, 1.54) is 16.7 Å². The van der Waals surface area contributed by atoms with E-state index in [9.17, 15) is 9.50 Å². The number of fused-ring (bicyclic) bond motifs is 1. The number of benzene rings is 4. The van der Waals surface area contributed by atoms with Crippen molar-refractivity contribution in [2.45, 2.75) is 31.8 Å². The third-order valence-electron chi connectivity index (χ3n) is 6.30. The average molecular weight is 425 g/mol. The minimum atomic E-state index is -0.199. The summed E-state index contributed by atoms with van der Waals surface area (Å²) in [5, 5.41) is 9.76. The number of hydrogen-bond acceptors (Lipinski definition) is 2. The van der Waals surface area contributed by atoms with Crippen LogP contribution in [0.15, 0.2) is 91.0 Å². The largest absolute Gasteiger partial charge is 0.508 e. The molecule has 3 heteroatoms. The predicted molar refractivity (Wildman–Crippen MR) is 125 cm³/mol. The molecule has 5 rings (SSSR count). The summed E-state index contributed by atoms with van der Waals surface area (Å²) in [6, 6.07) is 28.7. The second-order valence-corrected chi connectivity index (χ2v) is 8.42. The van der Waals surface area contributed by atoms with Crippen LogP contribution in [0.3, 0.4) is 0 Å². The zero-order chi connectivity index (χ0) is 21.9. The Bertz CT molecular complexity index is 1200. The van der Waals surface area contributed by atoms with Crippen molar-refractivity contribution in [2.75, 3.05) is 0 Å². The molecule has 0 radical (unpaired) electrons. The molecule has 2 nitrogen and oxygen atoms in total. The highest BCUT2D eigenvalue weighted by molar-refractivity contribution is 5.72. The first-order chi connectivity index (χ1) is 15.7. The number of aromatic hydroxyl groups is 1. The normalized spacial score (nSPS) is 15.2. The summed E-state index contributed by atoms with van der Waals surface area (Å²) in [5.41, 5.74) is 7.12. The van der Waals surface area contributed by atoms with Gasteiger partial charge in [0.15, 0.2) is 0 Å². The van der Waals surface area contributed by atoms with Crippen molar-refractivity contribution >= 4 is 0 Å². The van der Waals surface area contributed by atoms with E-state index in [2.05, 4.69) is 24.3 Å². The van der Waals surface area contributed by atoms with E-state index in [1.807, 2.05) is 42.5 Å². The Hall–Kier alpha value is -3.59. The van der Waals surface area contributed by atoms with Gasteiger partial charge in [-0.25, -0.2) is 4.39 Å². The van der Waals surface area contributed by atoms with Gasteiger partial charge in [-0.15, -0.1) is 0 Å². The van der Waals surface area contributed by atoms with Crippen molar-refractivity contribution in [1.29, 1.82) is 0 Å². The van der Waals surface area contributed by atoms with Gasteiger partial charge in [0.1, 0.15) is 23.9 Å².